The van der Waals surface area contributed by atoms with E-state index in [2.05, 4.69) is 9.97 Å². The van der Waals surface area contributed by atoms with E-state index < -0.39 is 5.97 Å². The van der Waals surface area contributed by atoms with E-state index in [9.17, 15) is 4.79 Å². The Bertz CT molecular complexity index is 718. The highest BCUT2D eigenvalue weighted by Crippen LogP contribution is 2.26. The molecule has 17 heavy (non-hydrogen) atoms. The molecule has 0 spiro atoms. The minimum Gasteiger partial charge on any atom is -0.481 e. The van der Waals surface area contributed by atoms with Crippen LogP contribution < -0.4 is 0 Å². The van der Waals surface area contributed by atoms with Crippen molar-refractivity contribution in [2.45, 2.75) is 6.42 Å². The minimum atomic E-state index is -0.947. The van der Waals surface area contributed by atoms with Gasteiger partial charge in [0.2, 0.25) is 0 Å². The SMILES string of the molecule is O=C(O)Cc1ncc2oc3ccccc3c2n1. The summed E-state index contributed by atoms with van der Waals surface area (Å²) in [6, 6.07) is 7.49. The third-order valence-corrected chi connectivity index (χ3v) is 2.48. The van der Waals surface area contributed by atoms with Crippen molar-refractivity contribution in [3.05, 3.63) is 36.3 Å². The van der Waals surface area contributed by atoms with Gasteiger partial charge >= 0.3 is 5.97 Å². The van der Waals surface area contributed by atoms with E-state index in [1.807, 2.05) is 24.3 Å². The molecule has 0 saturated carbocycles. The van der Waals surface area contributed by atoms with Crippen molar-refractivity contribution < 1.29 is 14.3 Å². The summed E-state index contributed by atoms with van der Waals surface area (Å²) in [4.78, 5) is 18.8. The summed E-state index contributed by atoms with van der Waals surface area (Å²) >= 11 is 0. The molecule has 5 heteroatoms. The summed E-state index contributed by atoms with van der Waals surface area (Å²) in [7, 11) is 0. The zero-order valence-electron chi connectivity index (χ0n) is 8.75. The van der Waals surface area contributed by atoms with Crippen LogP contribution in [-0.4, -0.2) is 21.0 Å². The van der Waals surface area contributed by atoms with Gasteiger partial charge < -0.3 is 9.52 Å². The normalized spacial score (nSPS) is 11.1. The van der Waals surface area contributed by atoms with Crippen molar-refractivity contribution >= 4 is 28.0 Å². The number of fused-ring (bicyclic) bond motifs is 3. The maximum Gasteiger partial charge on any atom is 0.311 e. The first-order valence-corrected chi connectivity index (χ1v) is 5.09. The Kier molecular flexibility index (Phi) is 2.04. The van der Waals surface area contributed by atoms with Gasteiger partial charge in [0, 0.05) is 5.39 Å². The number of aromatic nitrogens is 2. The molecule has 0 fully saturated rings. The van der Waals surface area contributed by atoms with E-state index in [-0.39, 0.29) is 12.2 Å². The second kappa shape index (κ2) is 3.55. The fourth-order valence-electron chi connectivity index (χ4n) is 1.77. The van der Waals surface area contributed by atoms with Crippen molar-refractivity contribution in [3.8, 4) is 0 Å². The quantitative estimate of drug-likeness (QED) is 0.725. The molecule has 5 nitrogen and oxygen atoms in total. The van der Waals surface area contributed by atoms with Gasteiger partial charge in [-0.15, -0.1) is 0 Å². The van der Waals surface area contributed by atoms with Gasteiger partial charge in [-0.1, -0.05) is 12.1 Å². The molecule has 0 radical (unpaired) electrons. The third-order valence-electron chi connectivity index (χ3n) is 2.48. The van der Waals surface area contributed by atoms with Gasteiger partial charge in [-0.25, -0.2) is 9.97 Å². The van der Waals surface area contributed by atoms with Crippen LogP contribution in [0.4, 0.5) is 0 Å². The van der Waals surface area contributed by atoms with Gasteiger partial charge in [0.15, 0.2) is 5.58 Å². The van der Waals surface area contributed by atoms with Crippen LogP contribution in [0.1, 0.15) is 5.82 Å². The first kappa shape index (κ1) is 9.77. The Morgan fingerprint density at radius 1 is 1.29 bits per heavy atom. The van der Waals surface area contributed by atoms with Gasteiger partial charge in [0.1, 0.15) is 23.3 Å². The number of rotatable bonds is 2. The molecule has 3 rings (SSSR count). The molecule has 0 atom stereocenters. The highest BCUT2D eigenvalue weighted by atomic mass is 16.4. The lowest BCUT2D eigenvalue weighted by Gasteiger charge is -1.94. The van der Waals surface area contributed by atoms with Gasteiger partial charge in [0.05, 0.1) is 6.20 Å². The average Bonchev–Trinajstić information content (AvgIpc) is 2.66. The summed E-state index contributed by atoms with van der Waals surface area (Å²) in [5.74, 6) is -0.659. The van der Waals surface area contributed by atoms with Crippen LogP contribution in [0.25, 0.3) is 22.1 Å². The molecule has 0 aliphatic rings. The van der Waals surface area contributed by atoms with Crippen LogP contribution >= 0.6 is 0 Å². The Morgan fingerprint density at radius 3 is 2.94 bits per heavy atom. The van der Waals surface area contributed by atoms with Crippen LogP contribution in [-0.2, 0) is 11.2 Å². The molecule has 1 aromatic carbocycles. The summed E-state index contributed by atoms with van der Waals surface area (Å²) in [6.45, 7) is 0. The second-order valence-electron chi connectivity index (χ2n) is 3.67. The van der Waals surface area contributed by atoms with Crippen molar-refractivity contribution in [2.24, 2.45) is 0 Å². The topological polar surface area (TPSA) is 76.2 Å². The monoisotopic (exact) mass is 228 g/mol. The number of aliphatic carboxylic acids is 1. The average molecular weight is 228 g/mol. The predicted molar refractivity (Wildman–Crippen MR) is 60.6 cm³/mol. The lowest BCUT2D eigenvalue weighted by Crippen LogP contribution is -2.04. The number of carbonyl (C=O) groups is 1. The van der Waals surface area contributed by atoms with Gasteiger partial charge in [-0.3, -0.25) is 4.79 Å². The molecule has 3 aromatic rings. The summed E-state index contributed by atoms with van der Waals surface area (Å²) in [5, 5.41) is 9.57. The van der Waals surface area contributed by atoms with Gasteiger partial charge in [0.25, 0.3) is 0 Å². The number of carboxylic acid groups (broad SMARTS) is 1. The largest absolute Gasteiger partial charge is 0.481 e. The molecular formula is C12H8N2O3. The van der Waals surface area contributed by atoms with Crippen molar-refractivity contribution in [3.63, 3.8) is 0 Å². The summed E-state index contributed by atoms with van der Waals surface area (Å²) in [6.07, 6.45) is 1.33. The van der Waals surface area contributed by atoms with E-state index in [1.165, 1.54) is 6.20 Å². The molecule has 1 N–H and O–H groups in total. The first-order valence-electron chi connectivity index (χ1n) is 5.09. The molecule has 0 saturated heterocycles. The Labute approximate surface area is 95.7 Å². The summed E-state index contributed by atoms with van der Waals surface area (Å²) < 4.78 is 5.54. The van der Waals surface area contributed by atoms with Crippen molar-refractivity contribution in [1.82, 2.24) is 9.97 Å². The van der Waals surface area contributed by atoms with E-state index in [1.54, 1.807) is 0 Å². The molecule has 84 valence electrons. The molecule has 0 aliphatic carbocycles. The molecular weight excluding hydrogens is 220 g/mol. The Morgan fingerprint density at radius 2 is 2.12 bits per heavy atom. The van der Waals surface area contributed by atoms with E-state index in [0.717, 1.165) is 11.0 Å². The molecule has 0 aliphatic heterocycles. The number of para-hydroxylation sites is 1. The third kappa shape index (κ3) is 1.61. The highest BCUT2D eigenvalue weighted by Gasteiger charge is 2.10. The fourth-order valence-corrected chi connectivity index (χ4v) is 1.77. The van der Waals surface area contributed by atoms with Crippen LogP contribution in [0.5, 0.6) is 0 Å². The number of carboxylic acids is 1. The number of benzene rings is 1. The second-order valence-corrected chi connectivity index (χ2v) is 3.67. The highest BCUT2D eigenvalue weighted by molar-refractivity contribution is 6.01. The first-order chi connectivity index (χ1) is 8.24. The molecule has 0 bridgehead atoms. The molecule has 0 unspecified atom stereocenters. The maximum atomic E-state index is 10.6. The lowest BCUT2D eigenvalue weighted by atomic mass is 10.2. The molecule has 2 heterocycles. The minimum absolute atomic E-state index is 0.185. The summed E-state index contributed by atoms with van der Waals surface area (Å²) in [5.41, 5.74) is 1.96. The van der Waals surface area contributed by atoms with Gasteiger partial charge in [-0.05, 0) is 12.1 Å². The zero-order valence-corrected chi connectivity index (χ0v) is 8.75. The van der Waals surface area contributed by atoms with Crippen LogP contribution in [0.2, 0.25) is 0 Å². The van der Waals surface area contributed by atoms with Crippen LogP contribution in [0.15, 0.2) is 34.9 Å². The Hall–Kier alpha value is -2.43. The molecule has 2 aromatic heterocycles. The predicted octanol–water partition coefficient (Wildman–Crippen LogP) is 2.00. The van der Waals surface area contributed by atoms with Crippen LogP contribution in [0, 0.1) is 0 Å². The molecule has 0 amide bonds. The van der Waals surface area contributed by atoms with Gasteiger partial charge in [-0.2, -0.15) is 0 Å². The lowest BCUT2D eigenvalue weighted by molar-refractivity contribution is -0.136. The maximum absolute atomic E-state index is 10.6. The standard InChI is InChI=1S/C12H8N2O3/c15-11(16)5-10-13-6-9-12(14-10)7-3-1-2-4-8(7)17-9/h1-4,6H,5H2,(H,15,16). The van der Waals surface area contributed by atoms with Crippen LogP contribution in [0.3, 0.4) is 0 Å². The number of hydrogen-bond donors (Lipinski definition) is 1. The van der Waals surface area contributed by atoms with E-state index >= 15 is 0 Å². The van der Waals surface area contributed by atoms with E-state index in [4.69, 9.17) is 9.52 Å². The Balaban J connectivity index is 2.26. The zero-order chi connectivity index (χ0) is 11.8. The number of nitrogens with zero attached hydrogens (tertiary/aromatic N) is 2. The van der Waals surface area contributed by atoms with E-state index in [0.29, 0.717) is 11.1 Å². The van der Waals surface area contributed by atoms with Crippen molar-refractivity contribution in [1.29, 1.82) is 0 Å². The number of furan rings is 1. The smallest absolute Gasteiger partial charge is 0.311 e. The number of hydrogen-bond acceptors (Lipinski definition) is 4. The fraction of sp³-hybridized carbons (Fsp3) is 0.0833. The van der Waals surface area contributed by atoms with Crippen molar-refractivity contribution in [2.75, 3.05) is 0 Å².